The zero-order chi connectivity index (χ0) is 71.2. The molecular weight excluding hydrogens is 1290 g/mol. The van der Waals surface area contributed by atoms with Crippen LogP contribution in [0, 0.1) is 6.92 Å². The van der Waals surface area contributed by atoms with E-state index in [1.807, 2.05) is 0 Å². The van der Waals surface area contributed by atoms with Crippen LogP contribution in [0.1, 0.15) is 5.56 Å². The van der Waals surface area contributed by atoms with Gasteiger partial charge in [0.1, 0.15) is 0 Å². The molecule has 2 heterocycles. The van der Waals surface area contributed by atoms with E-state index in [1.54, 1.807) is 0 Å². The van der Waals surface area contributed by atoms with Crippen molar-refractivity contribution in [2.75, 3.05) is 14.7 Å². The van der Waals surface area contributed by atoms with E-state index in [1.165, 1.54) is 22.0 Å². The second-order valence-corrected chi connectivity index (χ2v) is 28.0. The molecule has 0 spiro atoms. The van der Waals surface area contributed by atoms with E-state index in [2.05, 4.69) is 440 Å². The molecule has 17 aromatic rings. The Balaban J connectivity index is 0.971. The highest BCUT2D eigenvalue weighted by molar-refractivity contribution is 7.00. The summed E-state index contributed by atoms with van der Waals surface area (Å²) in [4.78, 5) is 7.79. The monoisotopic (exact) mass is 1360 g/mol. The summed E-state index contributed by atoms with van der Waals surface area (Å²) in [5, 5.41) is 0. The Bertz CT molecular complexity index is 5880. The number of benzene rings is 17. The predicted molar refractivity (Wildman–Crippen MR) is 454 cm³/mol. The minimum Gasteiger partial charge on any atom is -0.310 e. The van der Waals surface area contributed by atoms with E-state index in [0.717, 1.165) is 162 Å². The molecule has 0 aromatic heterocycles. The molecule has 4 heteroatoms. The molecule has 0 amide bonds. The van der Waals surface area contributed by atoms with Gasteiger partial charge >= 0.3 is 0 Å². The first-order valence-corrected chi connectivity index (χ1v) is 37.0. The summed E-state index contributed by atoms with van der Waals surface area (Å²) in [5.74, 6) is 0. The van der Waals surface area contributed by atoms with Crippen molar-refractivity contribution in [1.82, 2.24) is 0 Å². The second-order valence-electron chi connectivity index (χ2n) is 28.0. The molecule has 2 aliphatic heterocycles. The molecule has 0 bridgehead atoms. The molecule has 19 rings (SSSR count). The summed E-state index contributed by atoms with van der Waals surface area (Å²) in [5.41, 5.74) is 37.1. The van der Waals surface area contributed by atoms with Gasteiger partial charge in [-0.2, -0.15) is 0 Å². The Morgan fingerprint density at radius 2 is 0.505 bits per heavy atom. The molecule has 0 radical (unpaired) electrons. The highest BCUT2D eigenvalue weighted by Gasteiger charge is 2.46. The molecular formula is C103H72BN3. The van der Waals surface area contributed by atoms with Crippen molar-refractivity contribution >= 4 is 74.3 Å². The summed E-state index contributed by atoms with van der Waals surface area (Å²) in [6, 6.07) is 156. The lowest BCUT2D eigenvalue weighted by Crippen LogP contribution is -2.61. The maximum absolute atomic E-state index is 2.69. The van der Waals surface area contributed by atoms with Crippen molar-refractivity contribution in [2.45, 2.75) is 6.92 Å². The van der Waals surface area contributed by atoms with Gasteiger partial charge in [-0.25, -0.2) is 0 Å². The quantitative estimate of drug-likeness (QED) is 0.0947. The van der Waals surface area contributed by atoms with Crippen LogP contribution in [0.2, 0.25) is 0 Å². The maximum Gasteiger partial charge on any atom is 0.252 e. The number of fused-ring (bicyclic) bond motifs is 4. The van der Waals surface area contributed by atoms with Gasteiger partial charge < -0.3 is 14.7 Å². The van der Waals surface area contributed by atoms with Crippen molar-refractivity contribution in [3.63, 3.8) is 0 Å². The van der Waals surface area contributed by atoms with Crippen LogP contribution in [0.25, 0.3) is 111 Å². The van der Waals surface area contributed by atoms with E-state index in [4.69, 9.17) is 0 Å². The van der Waals surface area contributed by atoms with Crippen molar-refractivity contribution in [1.29, 1.82) is 0 Å². The Kier molecular flexibility index (Phi) is 16.6. The fourth-order valence-corrected chi connectivity index (χ4v) is 16.4. The number of aryl methyl sites for hydroxylation is 1. The minimum atomic E-state index is -0.291. The standard InChI is InChI=1S/C103H72BN3/c1-71-55-57-77(58-56-71)82-59-62-97-96(67-82)104-95-61-60-90(105(88-47-19-7-20-48-88)89-49-21-8-22-50-89)70-98(95)107(103-93(85-45-25-41-80(65-85)74-33-13-4-14-34-74)53-28-54-94(103)86-46-26-42-81(66-86)75-35-15-5-16-36-75)100-69-87(76-37-17-6-18-38-76)68-99(101(100)104)106(97)102-91(83-43-23-39-78(63-83)72-29-9-2-10-30-72)51-27-52-92(102)84-44-24-40-79(64-84)73-31-11-3-12-32-73/h2-70H,1H3. The third kappa shape index (κ3) is 12.0. The van der Waals surface area contributed by atoms with Gasteiger partial charge in [-0.3, -0.25) is 0 Å². The SMILES string of the molecule is Cc1ccc(-c2ccc3c(c2)B2c4ccc(N(c5ccccc5)c5ccccc5)cc4N(c4c(-c5cccc(-c6ccccc6)c5)cccc4-c4cccc(-c5ccccc5)c4)c4cc(-c5ccccc5)cc(c42)N3c2c(-c3cccc(-c4ccccc4)c3)cccc2-c2cccc(-c3ccccc3)c2)cc1. The molecule has 0 unspecified atom stereocenters. The summed E-state index contributed by atoms with van der Waals surface area (Å²) < 4.78 is 0. The van der Waals surface area contributed by atoms with Gasteiger partial charge in [0.05, 0.1) is 11.4 Å². The lowest BCUT2D eigenvalue weighted by atomic mass is 9.33. The Labute approximate surface area is 627 Å². The van der Waals surface area contributed by atoms with Crippen LogP contribution in [0.3, 0.4) is 0 Å². The van der Waals surface area contributed by atoms with Crippen molar-refractivity contribution in [3.8, 4) is 111 Å². The lowest BCUT2D eigenvalue weighted by molar-refractivity contribution is 1.24. The van der Waals surface area contributed by atoms with Crippen LogP contribution in [0.4, 0.5) is 51.2 Å². The van der Waals surface area contributed by atoms with Crippen molar-refractivity contribution in [2.24, 2.45) is 0 Å². The maximum atomic E-state index is 2.69. The van der Waals surface area contributed by atoms with E-state index in [-0.39, 0.29) is 6.71 Å². The number of hydrogen-bond acceptors (Lipinski definition) is 3. The molecule has 17 aromatic carbocycles. The van der Waals surface area contributed by atoms with Crippen molar-refractivity contribution in [3.05, 3.63) is 424 Å². The Morgan fingerprint density at radius 1 is 0.196 bits per heavy atom. The minimum absolute atomic E-state index is 0.291. The van der Waals surface area contributed by atoms with Crippen LogP contribution in [-0.2, 0) is 0 Å². The van der Waals surface area contributed by atoms with Gasteiger partial charge in [-0.15, -0.1) is 0 Å². The van der Waals surface area contributed by atoms with Gasteiger partial charge in [0.25, 0.3) is 6.71 Å². The smallest absolute Gasteiger partial charge is 0.252 e. The molecule has 502 valence electrons. The zero-order valence-electron chi connectivity index (χ0n) is 59.3. The van der Waals surface area contributed by atoms with Gasteiger partial charge in [0, 0.05) is 62.1 Å². The van der Waals surface area contributed by atoms with E-state index < -0.39 is 0 Å². The van der Waals surface area contributed by atoms with E-state index in [0.29, 0.717) is 0 Å². The first-order valence-electron chi connectivity index (χ1n) is 37.0. The zero-order valence-corrected chi connectivity index (χ0v) is 59.3. The molecule has 0 aliphatic carbocycles. The van der Waals surface area contributed by atoms with Crippen LogP contribution >= 0.6 is 0 Å². The van der Waals surface area contributed by atoms with Crippen molar-refractivity contribution < 1.29 is 0 Å². The summed E-state index contributed by atoms with van der Waals surface area (Å²) in [6.07, 6.45) is 0. The fraction of sp³-hybridized carbons (Fsp3) is 0.00971. The van der Waals surface area contributed by atoms with Gasteiger partial charge in [0.2, 0.25) is 0 Å². The molecule has 0 atom stereocenters. The van der Waals surface area contributed by atoms with Crippen LogP contribution < -0.4 is 31.1 Å². The summed E-state index contributed by atoms with van der Waals surface area (Å²) >= 11 is 0. The summed E-state index contributed by atoms with van der Waals surface area (Å²) in [6.45, 7) is 1.89. The highest BCUT2D eigenvalue weighted by atomic mass is 15.2. The number of nitrogens with zero attached hydrogens (tertiary/aromatic N) is 3. The lowest BCUT2D eigenvalue weighted by Gasteiger charge is -2.46. The molecule has 0 N–H and O–H groups in total. The fourth-order valence-electron chi connectivity index (χ4n) is 16.4. The predicted octanol–water partition coefficient (Wildman–Crippen LogP) is 26.2. The number of rotatable bonds is 15. The van der Waals surface area contributed by atoms with Crippen LogP contribution in [-0.4, -0.2) is 6.71 Å². The third-order valence-electron chi connectivity index (χ3n) is 21.5. The Morgan fingerprint density at radius 3 is 0.897 bits per heavy atom. The average molecular weight is 1360 g/mol. The first-order chi connectivity index (χ1) is 53.0. The van der Waals surface area contributed by atoms with Gasteiger partial charge in [-0.1, -0.05) is 345 Å². The molecule has 0 saturated heterocycles. The van der Waals surface area contributed by atoms with Crippen LogP contribution in [0.15, 0.2) is 419 Å². The topological polar surface area (TPSA) is 9.72 Å². The third-order valence-corrected chi connectivity index (χ3v) is 21.5. The van der Waals surface area contributed by atoms with E-state index in [9.17, 15) is 0 Å². The number of para-hydroxylation sites is 4. The normalized spacial score (nSPS) is 11.9. The average Bonchev–Trinajstić information content (AvgIpc) is 0.687. The molecule has 2 aliphatic rings. The molecule has 3 nitrogen and oxygen atoms in total. The molecule has 0 saturated carbocycles. The largest absolute Gasteiger partial charge is 0.310 e. The van der Waals surface area contributed by atoms with E-state index >= 15 is 0 Å². The van der Waals surface area contributed by atoms with Crippen LogP contribution in [0.5, 0.6) is 0 Å². The summed E-state index contributed by atoms with van der Waals surface area (Å²) in [7, 11) is 0. The highest BCUT2D eigenvalue weighted by Crippen LogP contribution is 2.55. The van der Waals surface area contributed by atoms with Gasteiger partial charge in [0.15, 0.2) is 0 Å². The number of hydrogen-bond donors (Lipinski definition) is 0. The first kappa shape index (κ1) is 64.1. The molecule has 0 fully saturated rings. The van der Waals surface area contributed by atoms with Gasteiger partial charge in [-0.05, 0) is 191 Å². The number of anilines is 9. The second kappa shape index (κ2) is 27.8. The molecule has 107 heavy (non-hydrogen) atoms. The Hall–Kier alpha value is -13.8.